The summed E-state index contributed by atoms with van der Waals surface area (Å²) in [5.74, 6) is -0.478. The molecule has 10 heavy (non-hydrogen) atoms. The fourth-order valence-electron chi connectivity index (χ4n) is 0.477. The number of imidazole rings is 1. The van der Waals surface area contributed by atoms with E-state index >= 15 is 0 Å². The fraction of sp³-hybridized carbons (Fsp3) is 0. The van der Waals surface area contributed by atoms with Gasteiger partial charge >= 0.3 is 5.69 Å². The normalized spacial score (nSPS) is 13.3. The Balaban J connectivity index is 3.29. The van der Waals surface area contributed by atoms with Gasteiger partial charge in [0.1, 0.15) is 0 Å². The lowest BCUT2D eigenvalue weighted by Gasteiger charge is -2.00. The van der Waals surface area contributed by atoms with Gasteiger partial charge in [0.2, 0.25) is 5.88 Å². The Morgan fingerprint density at radius 1 is 1.80 bits per heavy atom. The molecule has 0 aliphatic carbocycles. The van der Waals surface area contributed by atoms with Crippen LogP contribution in [0.4, 0.5) is 0 Å². The first kappa shape index (κ1) is 7.03. The van der Waals surface area contributed by atoms with Crippen molar-refractivity contribution in [1.29, 1.82) is 0 Å². The molecule has 56 valence electrons. The molecule has 6 nitrogen and oxygen atoms in total. The Morgan fingerprint density at radius 2 is 2.40 bits per heavy atom. The van der Waals surface area contributed by atoms with Gasteiger partial charge < -0.3 is 9.66 Å². The van der Waals surface area contributed by atoms with Gasteiger partial charge in [-0.1, -0.05) is 0 Å². The summed E-state index contributed by atoms with van der Waals surface area (Å²) in [7, 11) is 0. The van der Waals surface area contributed by atoms with Gasteiger partial charge in [-0.05, 0) is 0 Å². The van der Waals surface area contributed by atoms with E-state index in [2.05, 4.69) is 0 Å². The van der Waals surface area contributed by atoms with Crippen molar-refractivity contribution in [3.05, 3.63) is 16.7 Å². The SMILES string of the molecule is O=c1[nH]c(O)cn1S(=O)[O-]. The molecule has 0 amide bonds. The fourth-order valence-corrected chi connectivity index (χ4v) is 0.844. The van der Waals surface area contributed by atoms with E-state index in [9.17, 15) is 13.6 Å². The van der Waals surface area contributed by atoms with E-state index in [0.29, 0.717) is 3.97 Å². The van der Waals surface area contributed by atoms with Crippen molar-refractivity contribution in [3.8, 4) is 5.88 Å². The minimum atomic E-state index is -2.66. The van der Waals surface area contributed by atoms with Crippen molar-refractivity contribution >= 4 is 11.3 Å². The predicted octanol–water partition coefficient (Wildman–Crippen LogP) is -1.48. The van der Waals surface area contributed by atoms with Gasteiger partial charge in [0.15, 0.2) is 0 Å². The van der Waals surface area contributed by atoms with Crippen LogP contribution in [0.5, 0.6) is 5.88 Å². The first-order valence-electron chi connectivity index (χ1n) is 2.21. The average Bonchev–Trinajstić information content (AvgIpc) is 2.10. The van der Waals surface area contributed by atoms with Crippen LogP contribution in [0.2, 0.25) is 0 Å². The summed E-state index contributed by atoms with van der Waals surface area (Å²) in [6, 6.07) is 0. The van der Waals surface area contributed by atoms with Crippen LogP contribution in [-0.2, 0) is 11.3 Å². The predicted molar refractivity (Wildman–Crippen MR) is 31.0 cm³/mol. The standard InChI is InChI=1S/C3H4N2O4S/c6-2-1-5(10(8)9)3(7)4-2/h1,6H,(H,4,7)(H,8,9)/p-1. The number of aromatic nitrogens is 2. The summed E-state index contributed by atoms with van der Waals surface area (Å²) in [6.07, 6.45) is 0.769. The lowest BCUT2D eigenvalue weighted by Crippen LogP contribution is -2.18. The number of aromatic hydroxyl groups is 1. The monoisotopic (exact) mass is 163 g/mol. The summed E-state index contributed by atoms with van der Waals surface area (Å²) in [6.45, 7) is 0. The molecule has 0 bridgehead atoms. The molecule has 1 unspecified atom stereocenters. The second-order valence-corrected chi connectivity index (χ2v) is 2.32. The molecule has 0 aliphatic heterocycles. The molecule has 0 spiro atoms. The molecule has 1 aromatic heterocycles. The molecule has 0 aromatic carbocycles. The van der Waals surface area contributed by atoms with Crippen molar-refractivity contribution in [2.24, 2.45) is 0 Å². The Hall–Kier alpha value is -1.08. The summed E-state index contributed by atoms with van der Waals surface area (Å²) >= 11 is -2.66. The second-order valence-electron chi connectivity index (χ2n) is 1.49. The summed E-state index contributed by atoms with van der Waals surface area (Å²) < 4.78 is 20.5. The molecule has 1 heterocycles. The average molecular weight is 163 g/mol. The van der Waals surface area contributed by atoms with E-state index in [0.717, 1.165) is 6.20 Å². The maximum absolute atomic E-state index is 10.4. The lowest BCUT2D eigenvalue weighted by molar-refractivity contribution is 0.455. The van der Waals surface area contributed by atoms with E-state index in [4.69, 9.17) is 5.11 Å². The van der Waals surface area contributed by atoms with E-state index in [1.807, 2.05) is 4.98 Å². The van der Waals surface area contributed by atoms with E-state index in [1.165, 1.54) is 0 Å². The molecule has 0 saturated heterocycles. The van der Waals surface area contributed by atoms with Gasteiger partial charge in [-0.25, -0.2) is 8.77 Å². The van der Waals surface area contributed by atoms with E-state index < -0.39 is 22.8 Å². The van der Waals surface area contributed by atoms with Gasteiger partial charge in [0.25, 0.3) is 0 Å². The zero-order chi connectivity index (χ0) is 7.72. The van der Waals surface area contributed by atoms with Crippen molar-refractivity contribution in [2.75, 3.05) is 0 Å². The number of hydrogen-bond acceptors (Lipinski definition) is 4. The number of aromatic amines is 1. The van der Waals surface area contributed by atoms with Crippen LogP contribution in [0.3, 0.4) is 0 Å². The van der Waals surface area contributed by atoms with E-state index in [1.54, 1.807) is 0 Å². The number of nitrogens with one attached hydrogen (secondary N) is 1. The third-order valence-corrected chi connectivity index (χ3v) is 1.43. The maximum atomic E-state index is 10.4. The number of rotatable bonds is 1. The van der Waals surface area contributed by atoms with Gasteiger partial charge in [0, 0.05) is 0 Å². The molecule has 1 aromatic rings. The van der Waals surface area contributed by atoms with Gasteiger partial charge in [-0.2, -0.15) is 0 Å². The van der Waals surface area contributed by atoms with Crippen molar-refractivity contribution in [2.45, 2.75) is 0 Å². The molecule has 1 rings (SSSR count). The Kier molecular flexibility index (Phi) is 1.60. The zero-order valence-corrected chi connectivity index (χ0v) is 5.42. The first-order chi connectivity index (χ1) is 4.61. The van der Waals surface area contributed by atoms with Crippen LogP contribution in [-0.4, -0.2) is 22.8 Å². The molecule has 2 N–H and O–H groups in total. The van der Waals surface area contributed by atoms with Crippen LogP contribution in [0.25, 0.3) is 0 Å². The molecular weight excluding hydrogens is 160 g/mol. The Labute approximate surface area is 57.5 Å². The molecule has 0 fully saturated rings. The summed E-state index contributed by atoms with van der Waals surface area (Å²) in [5.41, 5.74) is -0.883. The molecule has 0 aliphatic rings. The molecule has 1 atom stereocenters. The third-order valence-electron chi connectivity index (χ3n) is 0.835. The highest BCUT2D eigenvalue weighted by atomic mass is 32.2. The highest BCUT2D eigenvalue weighted by molar-refractivity contribution is 7.77. The highest BCUT2D eigenvalue weighted by Gasteiger charge is 1.98. The van der Waals surface area contributed by atoms with E-state index in [-0.39, 0.29) is 0 Å². The molecule has 0 saturated carbocycles. The molecule has 0 radical (unpaired) electrons. The highest BCUT2D eigenvalue weighted by Crippen LogP contribution is 1.96. The summed E-state index contributed by atoms with van der Waals surface area (Å²) in [5, 5.41) is 8.53. The van der Waals surface area contributed by atoms with Crippen LogP contribution >= 0.6 is 0 Å². The largest absolute Gasteiger partial charge is 0.755 e. The Morgan fingerprint density at radius 3 is 2.60 bits per heavy atom. The second kappa shape index (κ2) is 2.27. The van der Waals surface area contributed by atoms with Crippen LogP contribution in [0, 0.1) is 0 Å². The Bertz CT molecular complexity index is 313. The minimum absolute atomic E-state index is 0.343. The van der Waals surface area contributed by atoms with Gasteiger partial charge in [0.05, 0.1) is 17.5 Å². The molecule has 7 heteroatoms. The summed E-state index contributed by atoms with van der Waals surface area (Å²) in [4.78, 5) is 12.3. The maximum Gasteiger partial charge on any atom is 0.339 e. The van der Waals surface area contributed by atoms with Crippen molar-refractivity contribution in [1.82, 2.24) is 8.96 Å². The number of nitrogens with zero attached hydrogens (tertiary/aromatic N) is 1. The van der Waals surface area contributed by atoms with Crippen molar-refractivity contribution in [3.63, 3.8) is 0 Å². The zero-order valence-electron chi connectivity index (χ0n) is 4.60. The minimum Gasteiger partial charge on any atom is -0.755 e. The van der Waals surface area contributed by atoms with Crippen molar-refractivity contribution < 1.29 is 13.9 Å². The quantitative estimate of drug-likeness (QED) is 0.493. The van der Waals surface area contributed by atoms with Crippen LogP contribution in [0.1, 0.15) is 0 Å². The third kappa shape index (κ3) is 1.09. The number of hydrogen-bond donors (Lipinski definition) is 2. The van der Waals surface area contributed by atoms with Gasteiger partial charge in [-0.3, -0.25) is 9.19 Å². The first-order valence-corrected chi connectivity index (χ1v) is 3.25. The molecular formula is C3H3N2O4S-. The number of H-pyrrole nitrogens is 1. The smallest absolute Gasteiger partial charge is 0.339 e. The van der Waals surface area contributed by atoms with Crippen LogP contribution in [0.15, 0.2) is 11.0 Å². The topological polar surface area (TPSA) is 98.2 Å². The lowest BCUT2D eigenvalue weighted by atomic mass is 10.9. The van der Waals surface area contributed by atoms with Crippen LogP contribution < -0.4 is 5.69 Å². The van der Waals surface area contributed by atoms with Gasteiger partial charge in [-0.15, -0.1) is 0 Å².